The Balaban J connectivity index is 1.63. The maximum absolute atomic E-state index is 13.2. The standard InChI is InChI=1S/C18H24ClFN2O2/c19-16-11-14(20)3-4-15(16)17(24)22-9-5-18(13-23,6-10-22)12-21-7-1-2-8-21/h3-4,11,23H,1-2,5-10,12-13H2. The zero-order valence-corrected chi connectivity index (χ0v) is 14.6. The first-order valence-corrected chi connectivity index (χ1v) is 8.98. The van der Waals surface area contributed by atoms with E-state index >= 15 is 0 Å². The second-order valence-electron chi connectivity index (χ2n) is 7.06. The summed E-state index contributed by atoms with van der Waals surface area (Å²) in [4.78, 5) is 16.8. The fourth-order valence-corrected chi connectivity index (χ4v) is 4.05. The van der Waals surface area contributed by atoms with E-state index in [2.05, 4.69) is 4.90 Å². The van der Waals surface area contributed by atoms with Gasteiger partial charge < -0.3 is 14.9 Å². The van der Waals surface area contributed by atoms with E-state index in [0.717, 1.165) is 32.5 Å². The molecule has 2 aliphatic heterocycles. The van der Waals surface area contributed by atoms with Crippen LogP contribution < -0.4 is 0 Å². The summed E-state index contributed by atoms with van der Waals surface area (Å²) >= 11 is 6.01. The Labute approximate surface area is 147 Å². The molecule has 6 heteroatoms. The number of benzene rings is 1. The zero-order chi connectivity index (χ0) is 17.2. The lowest BCUT2D eigenvalue weighted by molar-refractivity contribution is 0.0179. The first-order valence-electron chi connectivity index (χ1n) is 8.61. The Morgan fingerprint density at radius 3 is 2.46 bits per heavy atom. The van der Waals surface area contributed by atoms with Crippen molar-refractivity contribution in [1.29, 1.82) is 0 Å². The average Bonchev–Trinajstić information content (AvgIpc) is 3.08. The summed E-state index contributed by atoms with van der Waals surface area (Å²) in [6.07, 6.45) is 4.03. The molecule has 0 unspecified atom stereocenters. The number of nitrogens with zero attached hydrogens (tertiary/aromatic N) is 2. The van der Waals surface area contributed by atoms with E-state index < -0.39 is 5.82 Å². The van der Waals surface area contributed by atoms with Gasteiger partial charge in [0.05, 0.1) is 17.2 Å². The van der Waals surface area contributed by atoms with E-state index in [0.29, 0.717) is 18.7 Å². The summed E-state index contributed by atoms with van der Waals surface area (Å²) in [6.45, 7) is 4.47. The summed E-state index contributed by atoms with van der Waals surface area (Å²) in [5.41, 5.74) is 0.224. The highest BCUT2D eigenvalue weighted by Gasteiger charge is 2.37. The van der Waals surface area contributed by atoms with Gasteiger partial charge in [0.1, 0.15) is 5.82 Å². The predicted octanol–water partition coefficient (Wildman–Crippen LogP) is 2.79. The van der Waals surface area contributed by atoms with Crippen molar-refractivity contribution in [2.75, 3.05) is 39.3 Å². The minimum Gasteiger partial charge on any atom is -0.396 e. The van der Waals surface area contributed by atoms with Crippen molar-refractivity contribution >= 4 is 17.5 Å². The van der Waals surface area contributed by atoms with Gasteiger partial charge in [-0.05, 0) is 57.0 Å². The smallest absolute Gasteiger partial charge is 0.255 e. The van der Waals surface area contributed by atoms with Crippen molar-refractivity contribution < 1.29 is 14.3 Å². The van der Waals surface area contributed by atoms with Gasteiger partial charge in [-0.3, -0.25) is 4.79 Å². The van der Waals surface area contributed by atoms with Crippen molar-refractivity contribution in [2.24, 2.45) is 5.41 Å². The van der Waals surface area contributed by atoms with Crippen LogP contribution in [-0.2, 0) is 0 Å². The van der Waals surface area contributed by atoms with E-state index in [1.807, 2.05) is 0 Å². The highest BCUT2D eigenvalue weighted by molar-refractivity contribution is 6.33. The van der Waals surface area contributed by atoms with Gasteiger partial charge in [-0.2, -0.15) is 0 Å². The van der Waals surface area contributed by atoms with Crippen LogP contribution in [0.5, 0.6) is 0 Å². The van der Waals surface area contributed by atoms with Gasteiger partial charge in [0.2, 0.25) is 0 Å². The van der Waals surface area contributed by atoms with Gasteiger partial charge in [-0.15, -0.1) is 0 Å². The molecule has 132 valence electrons. The lowest BCUT2D eigenvalue weighted by Crippen LogP contribution is -2.49. The first-order chi connectivity index (χ1) is 11.5. The summed E-state index contributed by atoms with van der Waals surface area (Å²) < 4.78 is 13.2. The van der Waals surface area contributed by atoms with Crippen LogP contribution in [0.1, 0.15) is 36.0 Å². The van der Waals surface area contributed by atoms with Crippen molar-refractivity contribution in [3.63, 3.8) is 0 Å². The van der Waals surface area contributed by atoms with Gasteiger partial charge in [-0.1, -0.05) is 11.6 Å². The van der Waals surface area contributed by atoms with Crippen molar-refractivity contribution in [3.05, 3.63) is 34.6 Å². The topological polar surface area (TPSA) is 43.8 Å². The average molecular weight is 355 g/mol. The molecular formula is C18H24ClFN2O2. The molecule has 0 radical (unpaired) electrons. The molecule has 1 aromatic carbocycles. The number of hydrogen-bond donors (Lipinski definition) is 1. The molecule has 0 saturated carbocycles. The molecule has 1 amide bonds. The number of likely N-dealkylation sites (tertiary alicyclic amines) is 2. The molecule has 2 fully saturated rings. The predicted molar refractivity (Wildman–Crippen MR) is 91.7 cm³/mol. The summed E-state index contributed by atoms with van der Waals surface area (Å²) in [5.74, 6) is -0.604. The zero-order valence-electron chi connectivity index (χ0n) is 13.8. The first kappa shape index (κ1) is 17.6. The SMILES string of the molecule is O=C(c1ccc(F)cc1Cl)N1CCC(CO)(CN2CCCC2)CC1. The maximum atomic E-state index is 13.2. The van der Waals surface area contributed by atoms with Crippen molar-refractivity contribution in [3.8, 4) is 0 Å². The molecule has 1 N–H and O–H groups in total. The minimum absolute atomic E-state index is 0.117. The maximum Gasteiger partial charge on any atom is 0.255 e. The number of carbonyl (C=O) groups is 1. The van der Waals surface area contributed by atoms with E-state index in [9.17, 15) is 14.3 Å². The van der Waals surface area contributed by atoms with Gasteiger partial charge in [0.25, 0.3) is 5.91 Å². The molecule has 2 saturated heterocycles. The number of aliphatic hydroxyl groups excluding tert-OH is 1. The van der Waals surface area contributed by atoms with Crippen LogP contribution >= 0.6 is 11.6 Å². The molecule has 0 spiro atoms. The molecule has 2 aliphatic rings. The normalized spacial score (nSPS) is 21.2. The molecule has 0 aromatic heterocycles. The second kappa shape index (κ2) is 7.38. The number of halogens is 2. The summed E-state index contributed by atoms with van der Waals surface area (Å²) in [5, 5.41) is 10.1. The Bertz CT molecular complexity index is 597. The van der Waals surface area contributed by atoms with Crippen LogP contribution in [0.25, 0.3) is 0 Å². The van der Waals surface area contributed by atoms with Crippen LogP contribution in [0.4, 0.5) is 4.39 Å². The molecule has 3 rings (SSSR count). The van der Waals surface area contributed by atoms with E-state index in [-0.39, 0.29) is 23.0 Å². The largest absolute Gasteiger partial charge is 0.396 e. The molecular weight excluding hydrogens is 331 g/mol. The highest BCUT2D eigenvalue weighted by atomic mass is 35.5. The fourth-order valence-electron chi connectivity index (χ4n) is 3.80. The minimum atomic E-state index is -0.444. The number of rotatable bonds is 4. The number of aliphatic hydroxyl groups is 1. The lowest BCUT2D eigenvalue weighted by Gasteiger charge is -2.42. The molecule has 0 aliphatic carbocycles. The molecule has 4 nitrogen and oxygen atoms in total. The van der Waals surface area contributed by atoms with Crippen LogP contribution in [0.2, 0.25) is 5.02 Å². The van der Waals surface area contributed by atoms with Gasteiger partial charge in [0.15, 0.2) is 0 Å². The Kier molecular flexibility index (Phi) is 5.42. The molecule has 0 bridgehead atoms. The van der Waals surface area contributed by atoms with Crippen molar-refractivity contribution in [1.82, 2.24) is 9.80 Å². The third-order valence-electron chi connectivity index (χ3n) is 5.37. The Hall–Kier alpha value is -1.17. The van der Waals surface area contributed by atoms with Gasteiger partial charge in [-0.25, -0.2) is 4.39 Å². The van der Waals surface area contributed by atoms with E-state index in [1.54, 1.807) is 4.90 Å². The Morgan fingerprint density at radius 1 is 1.21 bits per heavy atom. The monoisotopic (exact) mass is 354 g/mol. The van der Waals surface area contributed by atoms with Crippen LogP contribution in [0.3, 0.4) is 0 Å². The summed E-state index contributed by atoms with van der Waals surface area (Å²) in [7, 11) is 0. The van der Waals surface area contributed by atoms with E-state index in [1.165, 1.54) is 31.0 Å². The van der Waals surface area contributed by atoms with Crippen LogP contribution in [-0.4, -0.2) is 60.1 Å². The molecule has 0 atom stereocenters. The quantitative estimate of drug-likeness (QED) is 0.904. The van der Waals surface area contributed by atoms with Crippen LogP contribution in [0.15, 0.2) is 18.2 Å². The molecule has 24 heavy (non-hydrogen) atoms. The molecule has 1 aromatic rings. The Morgan fingerprint density at radius 2 is 1.88 bits per heavy atom. The number of carbonyl (C=O) groups excluding carboxylic acids is 1. The van der Waals surface area contributed by atoms with Gasteiger partial charge >= 0.3 is 0 Å². The fraction of sp³-hybridized carbons (Fsp3) is 0.611. The van der Waals surface area contributed by atoms with Crippen LogP contribution in [0, 0.1) is 11.2 Å². The molecule has 2 heterocycles. The summed E-state index contributed by atoms with van der Waals surface area (Å²) in [6, 6.07) is 3.87. The third-order valence-corrected chi connectivity index (χ3v) is 5.68. The third kappa shape index (κ3) is 3.73. The number of hydrogen-bond acceptors (Lipinski definition) is 3. The number of amides is 1. The van der Waals surface area contributed by atoms with E-state index in [4.69, 9.17) is 11.6 Å². The number of piperidine rings is 1. The second-order valence-corrected chi connectivity index (χ2v) is 7.46. The highest BCUT2D eigenvalue weighted by Crippen LogP contribution is 2.34. The van der Waals surface area contributed by atoms with Crippen molar-refractivity contribution in [2.45, 2.75) is 25.7 Å². The van der Waals surface area contributed by atoms with Gasteiger partial charge in [0, 0.05) is 25.0 Å². The lowest BCUT2D eigenvalue weighted by atomic mass is 9.78.